The Labute approximate surface area is 125 Å². The molecule has 0 spiro atoms. The van der Waals surface area contributed by atoms with E-state index in [0.29, 0.717) is 30.4 Å². The lowest BCUT2D eigenvalue weighted by Crippen LogP contribution is -2.21. The van der Waals surface area contributed by atoms with Crippen molar-refractivity contribution in [3.63, 3.8) is 0 Å². The topological polar surface area (TPSA) is 103 Å². The second kappa shape index (κ2) is 5.76. The third-order valence-corrected chi connectivity index (χ3v) is 3.03. The number of aromatic nitrogens is 2. The molecule has 1 aromatic carbocycles. The van der Waals surface area contributed by atoms with Crippen molar-refractivity contribution < 1.29 is 24.2 Å². The molecule has 114 valence electrons. The summed E-state index contributed by atoms with van der Waals surface area (Å²) in [4.78, 5) is 22.9. The van der Waals surface area contributed by atoms with Gasteiger partial charge in [-0.25, -0.2) is 4.68 Å². The highest BCUT2D eigenvalue weighted by molar-refractivity contribution is 6.03. The number of anilines is 1. The Morgan fingerprint density at radius 2 is 2.00 bits per heavy atom. The third-order valence-electron chi connectivity index (χ3n) is 3.03. The summed E-state index contributed by atoms with van der Waals surface area (Å²) in [6, 6.07) is 6.50. The Bertz CT molecular complexity index is 725. The summed E-state index contributed by atoms with van der Waals surface area (Å²) in [5.41, 5.74) is 0.689. The molecule has 0 aliphatic carbocycles. The molecular formula is C14H13N3O5. The number of hydrogen-bond donors (Lipinski definition) is 2. The predicted molar refractivity (Wildman–Crippen MR) is 75.2 cm³/mol. The summed E-state index contributed by atoms with van der Waals surface area (Å²) in [5, 5.41) is 15.3. The zero-order chi connectivity index (χ0) is 15.5. The Kier molecular flexibility index (Phi) is 3.65. The zero-order valence-electron chi connectivity index (χ0n) is 11.5. The maximum Gasteiger partial charge on any atom is 0.325 e. The molecule has 0 fully saturated rings. The van der Waals surface area contributed by atoms with E-state index in [1.807, 2.05) is 0 Å². The lowest BCUT2D eigenvalue weighted by Gasteiger charge is -2.19. The lowest BCUT2D eigenvalue weighted by molar-refractivity contribution is -0.137. The molecular weight excluding hydrogens is 290 g/mol. The second-order valence-corrected chi connectivity index (χ2v) is 4.58. The Balaban J connectivity index is 1.77. The highest BCUT2D eigenvalue weighted by Crippen LogP contribution is 2.32. The van der Waals surface area contributed by atoms with E-state index >= 15 is 0 Å². The SMILES string of the molecule is O=C(O)Cn1nccc1C(=O)Nc1ccc2c(c1)OCCO2. The van der Waals surface area contributed by atoms with Gasteiger partial charge < -0.3 is 19.9 Å². The number of nitrogens with zero attached hydrogens (tertiary/aromatic N) is 2. The van der Waals surface area contributed by atoms with Crippen molar-refractivity contribution in [2.75, 3.05) is 18.5 Å². The first kappa shape index (κ1) is 13.9. The van der Waals surface area contributed by atoms with E-state index in [2.05, 4.69) is 10.4 Å². The van der Waals surface area contributed by atoms with Crippen molar-refractivity contribution in [1.29, 1.82) is 0 Å². The van der Waals surface area contributed by atoms with Crippen molar-refractivity contribution >= 4 is 17.6 Å². The van der Waals surface area contributed by atoms with Crippen LogP contribution in [0, 0.1) is 0 Å². The van der Waals surface area contributed by atoms with Gasteiger partial charge in [0.2, 0.25) is 0 Å². The number of carbonyl (C=O) groups excluding carboxylic acids is 1. The van der Waals surface area contributed by atoms with Gasteiger partial charge in [0.15, 0.2) is 11.5 Å². The minimum atomic E-state index is -1.07. The molecule has 1 aromatic heterocycles. The molecule has 2 aromatic rings. The van der Waals surface area contributed by atoms with Crippen LogP contribution < -0.4 is 14.8 Å². The van der Waals surface area contributed by atoms with E-state index in [0.717, 1.165) is 4.68 Å². The van der Waals surface area contributed by atoms with Crippen LogP contribution in [0.2, 0.25) is 0 Å². The van der Waals surface area contributed by atoms with Gasteiger partial charge in [-0.2, -0.15) is 5.10 Å². The van der Waals surface area contributed by atoms with Crippen molar-refractivity contribution in [3.8, 4) is 11.5 Å². The predicted octanol–water partition coefficient (Wildman–Crippen LogP) is 0.991. The number of ether oxygens (including phenoxy) is 2. The minimum Gasteiger partial charge on any atom is -0.486 e. The summed E-state index contributed by atoms with van der Waals surface area (Å²) in [6.45, 7) is 0.569. The average molecular weight is 303 g/mol. The molecule has 1 aliphatic heterocycles. The molecule has 0 bridgehead atoms. The van der Waals surface area contributed by atoms with Crippen LogP contribution in [0.3, 0.4) is 0 Å². The van der Waals surface area contributed by atoms with Gasteiger partial charge in [0.1, 0.15) is 25.5 Å². The number of carboxylic acid groups (broad SMARTS) is 1. The third kappa shape index (κ3) is 2.85. The summed E-state index contributed by atoms with van der Waals surface area (Å²) < 4.78 is 12.0. The first-order valence-electron chi connectivity index (χ1n) is 6.58. The Morgan fingerprint density at radius 3 is 2.77 bits per heavy atom. The molecule has 2 heterocycles. The average Bonchev–Trinajstić information content (AvgIpc) is 2.94. The van der Waals surface area contributed by atoms with E-state index in [9.17, 15) is 9.59 Å². The van der Waals surface area contributed by atoms with E-state index in [1.54, 1.807) is 18.2 Å². The van der Waals surface area contributed by atoms with Crippen LogP contribution in [-0.2, 0) is 11.3 Å². The molecule has 0 unspecified atom stereocenters. The van der Waals surface area contributed by atoms with Crippen LogP contribution in [-0.4, -0.2) is 40.0 Å². The largest absolute Gasteiger partial charge is 0.486 e. The Morgan fingerprint density at radius 1 is 1.23 bits per heavy atom. The van der Waals surface area contributed by atoms with Crippen LogP contribution >= 0.6 is 0 Å². The molecule has 8 nitrogen and oxygen atoms in total. The number of nitrogens with one attached hydrogen (secondary N) is 1. The summed E-state index contributed by atoms with van der Waals surface area (Å²) in [5.74, 6) is -0.337. The van der Waals surface area contributed by atoms with Gasteiger partial charge in [-0.05, 0) is 18.2 Å². The highest BCUT2D eigenvalue weighted by Gasteiger charge is 2.16. The van der Waals surface area contributed by atoms with Gasteiger partial charge >= 0.3 is 5.97 Å². The minimum absolute atomic E-state index is 0.164. The van der Waals surface area contributed by atoms with Crippen LogP contribution in [0.25, 0.3) is 0 Å². The fourth-order valence-electron chi connectivity index (χ4n) is 2.10. The highest BCUT2D eigenvalue weighted by atomic mass is 16.6. The molecule has 0 saturated heterocycles. The first-order chi connectivity index (χ1) is 10.6. The van der Waals surface area contributed by atoms with Gasteiger partial charge in [0, 0.05) is 18.0 Å². The lowest BCUT2D eigenvalue weighted by atomic mass is 10.2. The van der Waals surface area contributed by atoms with Gasteiger partial charge in [0.05, 0.1) is 0 Å². The fourth-order valence-corrected chi connectivity index (χ4v) is 2.10. The standard InChI is InChI=1S/C14H13N3O5/c18-13(19)8-17-10(3-4-15-17)14(20)16-9-1-2-11-12(7-9)22-6-5-21-11/h1-4,7H,5-6,8H2,(H,16,20)(H,18,19). The number of fused-ring (bicyclic) bond motifs is 1. The quantitative estimate of drug-likeness (QED) is 0.873. The number of carboxylic acids is 1. The van der Waals surface area contributed by atoms with Crippen molar-refractivity contribution in [2.45, 2.75) is 6.54 Å². The van der Waals surface area contributed by atoms with Crippen LogP contribution in [0.15, 0.2) is 30.5 Å². The molecule has 1 amide bonds. The second-order valence-electron chi connectivity index (χ2n) is 4.58. The number of carbonyl (C=O) groups is 2. The zero-order valence-corrected chi connectivity index (χ0v) is 11.5. The first-order valence-corrected chi connectivity index (χ1v) is 6.58. The number of benzene rings is 1. The summed E-state index contributed by atoms with van der Waals surface area (Å²) in [6.07, 6.45) is 1.38. The maximum absolute atomic E-state index is 12.2. The normalized spacial score (nSPS) is 12.7. The molecule has 0 atom stereocenters. The Hall–Kier alpha value is -3.03. The van der Waals surface area contributed by atoms with Crippen LogP contribution in [0.5, 0.6) is 11.5 Å². The molecule has 0 radical (unpaired) electrons. The maximum atomic E-state index is 12.2. The van der Waals surface area contributed by atoms with Gasteiger partial charge in [0.25, 0.3) is 5.91 Å². The monoisotopic (exact) mass is 303 g/mol. The number of aliphatic carboxylic acids is 1. The van der Waals surface area contributed by atoms with E-state index in [-0.39, 0.29) is 12.2 Å². The molecule has 0 saturated carbocycles. The molecule has 3 rings (SSSR count). The summed E-state index contributed by atoms with van der Waals surface area (Å²) in [7, 11) is 0. The van der Waals surface area contributed by atoms with E-state index in [4.69, 9.17) is 14.6 Å². The number of rotatable bonds is 4. The summed E-state index contributed by atoms with van der Waals surface area (Å²) >= 11 is 0. The van der Waals surface area contributed by atoms with Crippen LogP contribution in [0.1, 0.15) is 10.5 Å². The number of hydrogen-bond acceptors (Lipinski definition) is 5. The van der Waals surface area contributed by atoms with Gasteiger partial charge in [-0.1, -0.05) is 0 Å². The molecule has 1 aliphatic rings. The van der Waals surface area contributed by atoms with Crippen molar-refractivity contribution in [2.24, 2.45) is 0 Å². The molecule has 2 N–H and O–H groups in total. The fraction of sp³-hybridized carbons (Fsp3) is 0.214. The smallest absolute Gasteiger partial charge is 0.325 e. The molecule has 22 heavy (non-hydrogen) atoms. The van der Waals surface area contributed by atoms with Crippen molar-refractivity contribution in [3.05, 3.63) is 36.2 Å². The van der Waals surface area contributed by atoms with E-state index in [1.165, 1.54) is 12.3 Å². The number of amides is 1. The van der Waals surface area contributed by atoms with Crippen LogP contribution in [0.4, 0.5) is 5.69 Å². The van der Waals surface area contributed by atoms with E-state index < -0.39 is 11.9 Å². The van der Waals surface area contributed by atoms with Gasteiger partial charge in [-0.15, -0.1) is 0 Å². The van der Waals surface area contributed by atoms with Crippen molar-refractivity contribution in [1.82, 2.24) is 9.78 Å². The molecule has 8 heteroatoms. The van der Waals surface area contributed by atoms with Gasteiger partial charge in [-0.3, -0.25) is 9.59 Å².